The number of allylic oxidation sites excluding steroid dienone is 2. The molecule has 6 heteroatoms. The molecule has 2 atom stereocenters. The molecule has 2 nitrogen and oxygen atoms in total. The van der Waals surface area contributed by atoms with Crippen LogP contribution in [-0.4, -0.2) is 18.1 Å². The zero-order chi connectivity index (χ0) is 15.6. The van der Waals surface area contributed by atoms with Crippen LogP contribution in [0.25, 0.3) is 0 Å². The number of carbonyl (C=O) groups excluding carboxylic acids is 1. The van der Waals surface area contributed by atoms with E-state index in [1.165, 1.54) is 0 Å². The molecule has 0 aromatic rings. The van der Waals surface area contributed by atoms with Crippen LogP contribution in [0.5, 0.6) is 0 Å². The zero-order valence-corrected chi connectivity index (χ0v) is 11.9. The predicted octanol–water partition coefficient (Wildman–Crippen LogP) is 4.19. The number of halogens is 4. The lowest BCUT2D eigenvalue weighted by atomic mass is 9.92. The van der Waals surface area contributed by atoms with Crippen molar-refractivity contribution >= 4 is 5.91 Å². The summed E-state index contributed by atoms with van der Waals surface area (Å²) < 4.78 is 54.7. The van der Waals surface area contributed by atoms with Crippen LogP contribution in [0, 0.1) is 5.92 Å². The highest BCUT2D eigenvalue weighted by Gasteiger charge is 2.40. The normalized spacial score (nSPS) is 28.6. The third-order valence-corrected chi connectivity index (χ3v) is 4.17. The van der Waals surface area contributed by atoms with Gasteiger partial charge in [0.05, 0.1) is 0 Å². The molecule has 0 saturated heterocycles. The highest BCUT2D eigenvalue weighted by atomic mass is 19.2. The number of carbonyl (C=O) groups is 1. The van der Waals surface area contributed by atoms with Gasteiger partial charge in [0, 0.05) is 12.0 Å². The Kier molecular flexibility index (Phi) is 5.06. The van der Waals surface area contributed by atoms with Crippen LogP contribution >= 0.6 is 0 Å². The molecular weight excluding hydrogens is 286 g/mol. The van der Waals surface area contributed by atoms with Gasteiger partial charge in [-0.3, -0.25) is 4.79 Å². The van der Waals surface area contributed by atoms with E-state index < -0.39 is 41.1 Å². The Balaban J connectivity index is 2.17. The molecule has 2 unspecified atom stereocenters. The fourth-order valence-electron chi connectivity index (χ4n) is 2.80. The van der Waals surface area contributed by atoms with Crippen molar-refractivity contribution in [3.05, 3.63) is 23.1 Å². The van der Waals surface area contributed by atoms with Crippen molar-refractivity contribution in [1.29, 1.82) is 0 Å². The molecule has 1 fully saturated rings. The van der Waals surface area contributed by atoms with Crippen LogP contribution in [0.1, 0.15) is 45.4 Å². The van der Waals surface area contributed by atoms with Crippen LogP contribution < -0.4 is 5.32 Å². The number of amides is 1. The summed E-state index contributed by atoms with van der Waals surface area (Å²) in [6, 6.07) is -0.200. The quantitative estimate of drug-likeness (QED) is 0.601. The van der Waals surface area contributed by atoms with Crippen molar-refractivity contribution in [1.82, 2.24) is 5.32 Å². The zero-order valence-electron chi connectivity index (χ0n) is 11.9. The van der Waals surface area contributed by atoms with E-state index in [1.54, 1.807) is 0 Å². The van der Waals surface area contributed by atoms with Gasteiger partial charge in [-0.05, 0) is 12.8 Å². The third kappa shape index (κ3) is 3.30. The minimum Gasteiger partial charge on any atom is -0.349 e. The maximum absolute atomic E-state index is 13.8. The lowest BCUT2D eigenvalue weighted by molar-refractivity contribution is -0.118. The molecule has 0 heterocycles. The summed E-state index contributed by atoms with van der Waals surface area (Å²) in [5.41, 5.74) is -1.12. The second-order valence-corrected chi connectivity index (χ2v) is 5.74. The predicted molar refractivity (Wildman–Crippen MR) is 71.1 cm³/mol. The van der Waals surface area contributed by atoms with Gasteiger partial charge >= 0.3 is 0 Å². The van der Waals surface area contributed by atoms with E-state index in [-0.39, 0.29) is 6.04 Å². The van der Waals surface area contributed by atoms with Crippen LogP contribution in [-0.2, 0) is 4.79 Å². The fourth-order valence-corrected chi connectivity index (χ4v) is 2.80. The summed E-state index contributed by atoms with van der Waals surface area (Å²) in [6.45, 7) is 1.04. The van der Waals surface area contributed by atoms with Gasteiger partial charge in [-0.25, -0.2) is 17.6 Å². The minimum atomic E-state index is -2.32. The first-order chi connectivity index (χ1) is 9.93. The smallest absolute Gasteiger partial charge is 0.257 e. The van der Waals surface area contributed by atoms with E-state index >= 15 is 0 Å². The minimum absolute atomic E-state index is 0.200. The van der Waals surface area contributed by atoms with E-state index in [1.807, 2.05) is 0 Å². The van der Waals surface area contributed by atoms with E-state index in [0.717, 1.165) is 32.6 Å². The molecule has 0 aromatic heterocycles. The summed E-state index contributed by atoms with van der Waals surface area (Å²) in [6.07, 6.45) is 3.05. The molecule has 0 aromatic carbocycles. The SMILES string of the molecule is CC1C(F)=C(F)C(C(=O)NC2CCCCCC2)=C(F)C1F. The third-order valence-electron chi connectivity index (χ3n) is 4.17. The number of hydrogen-bond acceptors (Lipinski definition) is 1. The van der Waals surface area contributed by atoms with E-state index in [4.69, 9.17) is 0 Å². The molecule has 118 valence electrons. The lowest BCUT2D eigenvalue weighted by Crippen LogP contribution is -2.37. The van der Waals surface area contributed by atoms with Gasteiger partial charge in [0.25, 0.3) is 5.91 Å². The largest absolute Gasteiger partial charge is 0.349 e. The van der Waals surface area contributed by atoms with Crippen molar-refractivity contribution in [2.75, 3.05) is 0 Å². The fraction of sp³-hybridized carbons (Fsp3) is 0.667. The second kappa shape index (κ2) is 6.62. The molecule has 2 aliphatic carbocycles. The van der Waals surface area contributed by atoms with Gasteiger partial charge < -0.3 is 5.32 Å². The number of alkyl halides is 1. The average molecular weight is 305 g/mol. The molecule has 2 rings (SSSR count). The molecule has 0 bridgehead atoms. The molecular formula is C15H19F4NO. The Hall–Kier alpha value is -1.33. The number of hydrogen-bond donors (Lipinski definition) is 1. The van der Waals surface area contributed by atoms with Crippen molar-refractivity contribution in [3.63, 3.8) is 0 Å². The molecule has 1 amide bonds. The van der Waals surface area contributed by atoms with Crippen molar-refractivity contribution < 1.29 is 22.4 Å². The average Bonchev–Trinajstić information content (AvgIpc) is 2.72. The van der Waals surface area contributed by atoms with Gasteiger partial charge in [0.2, 0.25) is 0 Å². The summed E-state index contributed by atoms with van der Waals surface area (Å²) >= 11 is 0. The van der Waals surface area contributed by atoms with Gasteiger partial charge in [-0.2, -0.15) is 0 Å². The van der Waals surface area contributed by atoms with E-state index in [0.29, 0.717) is 12.8 Å². The topological polar surface area (TPSA) is 29.1 Å². The first-order valence-corrected chi connectivity index (χ1v) is 7.33. The van der Waals surface area contributed by atoms with Crippen LogP contribution in [0.3, 0.4) is 0 Å². The van der Waals surface area contributed by atoms with Crippen LogP contribution in [0.2, 0.25) is 0 Å². The molecule has 1 N–H and O–H groups in total. The maximum Gasteiger partial charge on any atom is 0.257 e. The first-order valence-electron chi connectivity index (χ1n) is 7.33. The maximum atomic E-state index is 13.8. The van der Waals surface area contributed by atoms with Gasteiger partial charge in [-0.1, -0.05) is 32.6 Å². The van der Waals surface area contributed by atoms with Gasteiger partial charge in [0.1, 0.15) is 11.4 Å². The van der Waals surface area contributed by atoms with Crippen LogP contribution in [0.15, 0.2) is 23.1 Å². The summed E-state index contributed by atoms with van der Waals surface area (Å²) in [7, 11) is 0. The number of rotatable bonds is 2. The van der Waals surface area contributed by atoms with Gasteiger partial charge in [-0.15, -0.1) is 0 Å². The molecule has 0 spiro atoms. The Morgan fingerprint density at radius 2 is 1.62 bits per heavy atom. The molecule has 21 heavy (non-hydrogen) atoms. The summed E-state index contributed by atoms with van der Waals surface area (Å²) in [4.78, 5) is 12.0. The molecule has 0 radical (unpaired) electrons. The van der Waals surface area contributed by atoms with Crippen molar-refractivity contribution in [2.24, 2.45) is 5.92 Å². The first kappa shape index (κ1) is 16.0. The second-order valence-electron chi connectivity index (χ2n) is 5.74. The standard InChI is InChI=1S/C15H19F4NO/c1-8-11(16)13(18)10(14(19)12(8)17)15(21)20-9-6-4-2-3-5-7-9/h8-9,11H,2-7H2,1H3,(H,20,21). The monoisotopic (exact) mass is 305 g/mol. The molecule has 2 aliphatic rings. The Bertz CT molecular complexity index is 478. The summed E-state index contributed by atoms with van der Waals surface area (Å²) in [5.74, 6) is -7.12. The number of nitrogens with one attached hydrogen (secondary N) is 1. The van der Waals surface area contributed by atoms with Crippen molar-refractivity contribution in [2.45, 2.75) is 57.7 Å². The van der Waals surface area contributed by atoms with E-state index in [9.17, 15) is 22.4 Å². The molecule has 0 aliphatic heterocycles. The van der Waals surface area contributed by atoms with Crippen LogP contribution in [0.4, 0.5) is 17.6 Å². The highest BCUT2D eigenvalue weighted by molar-refractivity contribution is 5.98. The Morgan fingerprint density at radius 3 is 2.19 bits per heavy atom. The highest BCUT2D eigenvalue weighted by Crippen LogP contribution is 2.38. The van der Waals surface area contributed by atoms with Gasteiger partial charge in [0.15, 0.2) is 17.8 Å². The van der Waals surface area contributed by atoms with E-state index in [2.05, 4.69) is 5.32 Å². The molecule has 1 saturated carbocycles. The van der Waals surface area contributed by atoms with Crippen molar-refractivity contribution in [3.8, 4) is 0 Å². The Morgan fingerprint density at radius 1 is 1.05 bits per heavy atom. The summed E-state index contributed by atoms with van der Waals surface area (Å²) in [5, 5.41) is 2.50. The Labute approximate surface area is 121 Å². The lowest BCUT2D eigenvalue weighted by Gasteiger charge is -2.23.